The molecule has 0 aliphatic heterocycles. The van der Waals surface area contributed by atoms with Gasteiger partial charge in [-0.25, -0.2) is 0 Å². The fraction of sp³-hybridized carbons (Fsp3) is 0.429. The van der Waals surface area contributed by atoms with Crippen molar-refractivity contribution >= 4 is 11.7 Å². The van der Waals surface area contributed by atoms with E-state index in [-0.39, 0.29) is 17.8 Å². The third-order valence-corrected chi connectivity index (χ3v) is 2.93. The van der Waals surface area contributed by atoms with Gasteiger partial charge in [-0.05, 0) is 26.0 Å². The quantitative estimate of drug-likeness (QED) is 0.355. The number of nitrogens with zero attached hydrogens (tertiary/aromatic N) is 2. The first-order valence-electron chi connectivity index (χ1n) is 6.39. The Bertz CT molecular complexity index is 486. The Balaban J connectivity index is 3.00. The monoisotopic (exact) mass is 279 g/mol. The number of hydrogen-bond donors (Lipinski definition) is 2. The van der Waals surface area contributed by atoms with Gasteiger partial charge in [-0.1, -0.05) is 17.3 Å². The average Bonchev–Trinajstić information content (AvgIpc) is 2.46. The predicted molar refractivity (Wildman–Crippen MR) is 77.0 cm³/mol. The van der Waals surface area contributed by atoms with Gasteiger partial charge in [0.25, 0.3) is 5.91 Å². The van der Waals surface area contributed by atoms with Gasteiger partial charge in [0.05, 0.1) is 6.61 Å². The number of benzene rings is 1. The van der Waals surface area contributed by atoms with Gasteiger partial charge in [0, 0.05) is 30.8 Å². The molecule has 20 heavy (non-hydrogen) atoms. The molecule has 1 amide bonds. The molecule has 0 bridgehead atoms. The smallest absolute Gasteiger partial charge is 0.254 e. The van der Waals surface area contributed by atoms with Crippen LogP contribution in [0.4, 0.5) is 0 Å². The lowest BCUT2D eigenvalue weighted by molar-refractivity contribution is 0.0635. The zero-order valence-corrected chi connectivity index (χ0v) is 12.0. The van der Waals surface area contributed by atoms with E-state index in [9.17, 15) is 4.79 Å². The second-order valence-corrected chi connectivity index (χ2v) is 4.65. The van der Waals surface area contributed by atoms with Gasteiger partial charge in [0.1, 0.15) is 0 Å². The average molecular weight is 279 g/mol. The third kappa shape index (κ3) is 3.96. The lowest BCUT2D eigenvalue weighted by Gasteiger charge is -2.26. The summed E-state index contributed by atoms with van der Waals surface area (Å²) in [5.41, 5.74) is 6.54. The Kier molecular flexibility index (Phi) is 5.99. The van der Waals surface area contributed by atoms with Crippen molar-refractivity contribution in [3.05, 3.63) is 35.4 Å². The minimum absolute atomic E-state index is 0.0207. The van der Waals surface area contributed by atoms with E-state index in [0.29, 0.717) is 24.3 Å². The van der Waals surface area contributed by atoms with E-state index in [1.165, 1.54) is 0 Å². The molecular weight excluding hydrogens is 258 g/mol. The van der Waals surface area contributed by atoms with Crippen molar-refractivity contribution in [2.45, 2.75) is 19.9 Å². The Morgan fingerprint density at radius 1 is 1.45 bits per heavy atom. The number of hydrogen-bond acceptors (Lipinski definition) is 4. The summed E-state index contributed by atoms with van der Waals surface area (Å²) in [5, 5.41) is 11.6. The highest BCUT2D eigenvalue weighted by Crippen LogP contribution is 2.11. The minimum atomic E-state index is -0.107. The summed E-state index contributed by atoms with van der Waals surface area (Å²) in [6.45, 7) is 4.88. The summed E-state index contributed by atoms with van der Waals surface area (Å²) in [7, 11) is 1.60. The summed E-state index contributed by atoms with van der Waals surface area (Å²) < 4.78 is 5.02. The lowest BCUT2D eigenvalue weighted by atomic mass is 10.1. The van der Waals surface area contributed by atoms with Crippen molar-refractivity contribution < 1.29 is 14.7 Å². The molecule has 0 radical (unpaired) electrons. The van der Waals surface area contributed by atoms with Crippen molar-refractivity contribution in [3.63, 3.8) is 0 Å². The summed E-state index contributed by atoms with van der Waals surface area (Å²) in [6.07, 6.45) is 0. The molecule has 1 aromatic carbocycles. The van der Waals surface area contributed by atoms with Crippen LogP contribution in [0.15, 0.2) is 29.4 Å². The molecular formula is C14H21N3O3. The zero-order valence-electron chi connectivity index (χ0n) is 12.0. The number of amidine groups is 1. The molecule has 0 fully saturated rings. The molecule has 0 saturated carbocycles. The van der Waals surface area contributed by atoms with Crippen molar-refractivity contribution in [1.82, 2.24) is 4.90 Å². The number of ether oxygens (including phenoxy) is 1. The van der Waals surface area contributed by atoms with Crippen LogP contribution in [0.1, 0.15) is 29.8 Å². The maximum Gasteiger partial charge on any atom is 0.254 e. The van der Waals surface area contributed by atoms with Crippen molar-refractivity contribution in [1.29, 1.82) is 0 Å². The number of carbonyl (C=O) groups is 1. The van der Waals surface area contributed by atoms with Crippen LogP contribution in [0.5, 0.6) is 0 Å². The second kappa shape index (κ2) is 7.49. The highest BCUT2D eigenvalue weighted by molar-refractivity contribution is 6.01. The topological polar surface area (TPSA) is 88.2 Å². The minimum Gasteiger partial charge on any atom is -0.409 e. The van der Waals surface area contributed by atoms with Crippen LogP contribution in [-0.4, -0.2) is 48.2 Å². The fourth-order valence-corrected chi connectivity index (χ4v) is 1.82. The van der Waals surface area contributed by atoms with E-state index in [4.69, 9.17) is 15.7 Å². The van der Waals surface area contributed by atoms with Crippen LogP contribution in [0.25, 0.3) is 0 Å². The molecule has 0 atom stereocenters. The third-order valence-electron chi connectivity index (χ3n) is 2.93. The molecule has 0 aromatic heterocycles. The molecule has 0 aliphatic rings. The second-order valence-electron chi connectivity index (χ2n) is 4.65. The highest BCUT2D eigenvalue weighted by Gasteiger charge is 2.19. The molecule has 110 valence electrons. The number of oxime groups is 1. The largest absolute Gasteiger partial charge is 0.409 e. The number of nitrogens with two attached hydrogens (primary N) is 1. The van der Waals surface area contributed by atoms with Crippen LogP contribution in [0.2, 0.25) is 0 Å². The first-order chi connectivity index (χ1) is 9.51. The number of amides is 1. The first-order valence-corrected chi connectivity index (χ1v) is 6.39. The molecule has 0 spiro atoms. The number of methoxy groups -OCH3 is 1. The van der Waals surface area contributed by atoms with Gasteiger partial charge in [0.15, 0.2) is 5.84 Å². The standard InChI is InChI=1S/C14H21N3O3/c1-10(2)17(7-8-20-3)14(18)12-6-4-5-11(9-12)13(15)16-19/h4-6,9-10,19H,7-8H2,1-3H3,(H2,15,16). The summed E-state index contributed by atoms with van der Waals surface area (Å²) in [6, 6.07) is 6.76. The van der Waals surface area contributed by atoms with Crippen molar-refractivity contribution in [2.75, 3.05) is 20.3 Å². The van der Waals surface area contributed by atoms with Crippen molar-refractivity contribution in [3.8, 4) is 0 Å². The molecule has 6 nitrogen and oxygen atoms in total. The number of carbonyl (C=O) groups excluding carboxylic acids is 1. The van der Waals surface area contributed by atoms with Gasteiger partial charge in [-0.3, -0.25) is 4.79 Å². The Hall–Kier alpha value is -2.08. The van der Waals surface area contributed by atoms with Crippen LogP contribution < -0.4 is 5.73 Å². The molecule has 0 unspecified atom stereocenters. The highest BCUT2D eigenvalue weighted by atomic mass is 16.5. The SMILES string of the molecule is COCCN(C(=O)c1cccc(/C(N)=N/O)c1)C(C)C. The van der Waals surface area contributed by atoms with E-state index in [1.54, 1.807) is 36.3 Å². The Morgan fingerprint density at radius 3 is 2.65 bits per heavy atom. The maximum atomic E-state index is 12.5. The molecule has 0 aliphatic carbocycles. The molecule has 1 aromatic rings. The Morgan fingerprint density at radius 2 is 2.10 bits per heavy atom. The summed E-state index contributed by atoms with van der Waals surface area (Å²) in [4.78, 5) is 14.2. The van der Waals surface area contributed by atoms with E-state index >= 15 is 0 Å². The zero-order chi connectivity index (χ0) is 15.1. The number of rotatable bonds is 6. The van der Waals surface area contributed by atoms with Gasteiger partial charge in [-0.2, -0.15) is 0 Å². The van der Waals surface area contributed by atoms with Crippen LogP contribution in [0, 0.1) is 0 Å². The van der Waals surface area contributed by atoms with Gasteiger partial charge in [-0.15, -0.1) is 0 Å². The lowest BCUT2D eigenvalue weighted by Crippen LogP contribution is -2.39. The van der Waals surface area contributed by atoms with E-state index < -0.39 is 0 Å². The van der Waals surface area contributed by atoms with Crippen LogP contribution in [0.3, 0.4) is 0 Å². The van der Waals surface area contributed by atoms with E-state index in [1.807, 2.05) is 13.8 Å². The summed E-state index contributed by atoms with van der Waals surface area (Å²) in [5.74, 6) is -0.128. The summed E-state index contributed by atoms with van der Waals surface area (Å²) >= 11 is 0. The normalized spacial score (nSPS) is 11.7. The van der Waals surface area contributed by atoms with Gasteiger partial charge in [0.2, 0.25) is 0 Å². The van der Waals surface area contributed by atoms with Crippen LogP contribution >= 0.6 is 0 Å². The maximum absolute atomic E-state index is 12.5. The molecule has 0 heterocycles. The van der Waals surface area contributed by atoms with E-state index in [2.05, 4.69) is 5.16 Å². The predicted octanol–water partition coefficient (Wildman–Crippen LogP) is 1.28. The molecule has 1 rings (SSSR count). The molecule has 3 N–H and O–H groups in total. The fourth-order valence-electron chi connectivity index (χ4n) is 1.82. The van der Waals surface area contributed by atoms with Crippen molar-refractivity contribution in [2.24, 2.45) is 10.9 Å². The Labute approximate surface area is 118 Å². The van der Waals surface area contributed by atoms with E-state index in [0.717, 1.165) is 0 Å². The van der Waals surface area contributed by atoms with Crippen LogP contribution in [-0.2, 0) is 4.74 Å². The van der Waals surface area contributed by atoms with Gasteiger partial charge >= 0.3 is 0 Å². The molecule has 6 heteroatoms. The first kappa shape index (κ1) is 16.0. The van der Waals surface area contributed by atoms with Gasteiger partial charge < -0.3 is 20.6 Å². The molecule has 0 saturated heterocycles.